The van der Waals surface area contributed by atoms with Crippen LogP contribution in [0.1, 0.15) is 0 Å². The van der Waals surface area contributed by atoms with Gasteiger partial charge in [0, 0.05) is 49.4 Å². The Labute approximate surface area is 380 Å². The van der Waals surface area contributed by atoms with E-state index in [0.717, 1.165) is 55.8 Å². The quantitative estimate of drug-likeness (QED) is 0.164. The van der Waals surface area contributed by atoms with Gasteiger partial charge in [0.15, 0.2) is 0 Å². The summed E-state index contributed by atoms with van der Waals surface area (Å²) in [4.78, 5) is 0. The molecule has 0 aliphatic carbocycles. The highest BCUT2D eigenvalue weighted by Gasteiger charge is 2.21. The van der Waals surface area contributed by atoms with E-state index in [4.69, 9.17) is 4.42 Å². The lowest BCUT2D eigenvalue weighted by molar-refractivity contribution is 0.645. The van der Waals surface area contributed by atoms with Crippen molar-refractivity contribution in [1.82, 2.24) is 13.7 Å². The molecule has 0 saturated heterocycles. The molecule has 4 aromatic heterocycles. The minimum Gasteiger partial charge on any atom is -0.439 e. The van der Waals surface area contributed by atoms with Crippen molar-refractivity contribution in [2.45, 2.75) is 0 Å². The van der Waals surface area contributed by atoms with Gasteiger partial charge in [0.1, 0.15) is 5.58 Å². The summed E-state index contributed by atoms with van der Waals surface area (Å²) in [7, 11) is 0. The zero-order chi connectivity index (χ0) is 43.3. The van der Waals surface area contributed by atoms with Crippen molar-refractivity contribution < 1.29 is 4.42 Å². The summed E-state index contributed by atoms with van der Waals surface area (Å²) in [5.74, 6) is 0. The zero-order valence-corrected chi connectivity index (χ0v) is 35.8. The first-order valence-electron chi connectivity index (χ1n) is 22.6. The average molecular weight is 842 g/mol. The van der Waals surface area contributed by atoms with Gasteiger partial charge in [-0.15, -0.1) is 0 Å². The lowest BCUT2D eigenvalue weighted by Gasteiger charge is -2.11. The van der Waals surface area contributed by atoms with Gasteiger partial charge in [0.25, 0.3) is 0 Å². The Balaban J connectivity index is 0.909. The number of para-hydroxylation sites is 4. The molecule has 14 aromatic rings. The molecule has 0 fully saturated rings. The van der Waals surface area contributed by atoms with E-state index in [0.29, 0.717) is 0 Å². The first-order chi connectivity index (χ1) is 32.7. The third-order valence-corrected chi connectivity index (χ3v) is 13.7. The van der Waals surface area contributed by atoms with Gasteiger partial charge in [0.05, 0.1) is 33.0 Å². The normalized spacial score (nSPS) is 11.9. The van der Waals surface area contributed by atoms with Gasteiger partial charge in [-0.3, -0.25) is 4.57 Å². The molecule has 10 aromatic carbocycles. The molecule has 0 aliphatic rings. The van der Waals surface area contributed by atoms with Crippen LogP contribution in [0.25, 0.3) is 127 Å². The minimum absolute atomic E-state index is 0.867. The van der Waals surface area contributed by atoms with E-state index in [1.165, 1.54) is 71.3 Å². The molecule has 0 spiro atoms. The van der Waals surface area contributed by atoms with E-state index in [1.807, 2.05) is 6.07 Å². The second-order valence-corrected chi connectivity index (χ2v) is 17.3. The van der Waals surface area contributed by atoms with Gasteiger partial charge in [0.2, 0.25) is 5.71 Å². The van der Waals surface area contributed by atoms with Crippen LogP contribution < -0.4 is 0 Å². The fourth-order valence-electron chi connectivity index (χ4n) is 10.6. The number of nitrogens with zero attached hydrogens (tertiary/aromatic N) is 3. The van der Waals surface area contributed by atoms with Gasteiger partial charge < -0.3 is 13.6 Å². The molecule has 0 radical (unpaired) electrons. The summed E-state index contributed by atoms with van der Waals surface area (Å²) in [5.41, 5.74) is 18.1. The molecule has 4 heteroatoms. The Morgan fingerprint density at radius 2 is 0.667 bits per heavy atom. The molecule has 0 aliphatic heterocycles. The van der Waals surface area contributed by atoms with Crippen molar-refractivity contribution >= 4 is 76.6 Å². The van der Waals surface area contributed by atoms with Gasteiger partial charge >= 0.3 is 0 Å². The summed E-state index contributed by atoms with van der Waals surface area (Å²) in [6, 6.07) is 85.7. The van der Waals surface area contributed by atoms with Crippen molar-refractivity contribution in [1.29, 1.82) is 0 Å². The topological polar surface area (TPSA) is 27.9 Å². The Morgan fingerprint density at radius 3 is 1.30 bits per heavy atom. The summed E-state index contributed by atoms with van der Waals surface area (Å²) < 4.78 is 13.6. The van der Waals surface area contributed by atoms with Crippen molar-refractivity contribution in [3.8, 4) is 50.4 Å². The summed E-state index contributed by atoms with van der Waals surface area (Å²) in [6.07, 6.45) is 0. The predicted octanol–water partition coefficient (Wildman–Crippen LogP) is 16.7. The fraction of sp³-hybridized carbons (Fsp3) is 0. The first-order valence-corrected chi connectivity index (χ1v) is 22.6. The fourth-order valence-corrected chi connectivity index (χ4v) is 10.6. The molecule has 4 heterocycles. The second kappa shape index (κ2) is 14.3. The van der Waals surface area contributed by atoms with Crippen LogP contribution in [0.2, 0.25) is 0 Å². The van der Waals surface area contributed by atoms with E-state index >= 15 is 0 Å². The maximum atomic E-state index is 6.57. The summed E-state index contributed by atoms with van der Waals surface area (Å²) in [5, 5.41) is 8.40. The number of furan rings is 1. The number of hydrogen-bond donors (Lipinski definition) is 0. The smallest absolute Gasteiger partial charge is 0.213 e. The number of fused-ring (bicyclic) bond motifs is 11. The van der Waals surface area contributed by atoms with Crippen LogP contribution in [0, 0.1) is 0 Å². The van der Waals surface area contributed by atoms with Gasteiger partial charge in [-0.1, -0.05) is 146 Å². The molecule has 308 valence electrons. The second-order valence-electron chi connectivity index (χ2n) is 17.3. The lowest BCUT2D eigenvalue weighted by atomic mass is 9.99. The Kier molecular flexibility index (Phi) is 7.95. The number of rotatable bonds is 6. The molecular formula is C62H39N3O. The summed E-state index contributed by atoms with van der Waals surface area (Å²) in [6.45, 7) is 0. The highest BCUT2D eigenvalue weighted by atomic mass is 16.3. The maximum absolute atomic E-state index is 6.57. The number of benzene rings is 10. The van der Waals surface area contributed by atoms with Crippen LogP contribution in [0.4, 0.5) is 0 Å². The van der Waals surface area contributed by atoms with Crippen molar-refractivity contribution in [3.63, 3.8) is 0 Å². The highest BCUT2D eigenvalue weighted by Crippen LogP contribution is 2.42. The van der Waals surface area contributed by atoms with Gasteiger partial charge in [-0.05, 0) is 124 Å². The minimum atomic E-state index is 0.867. The van der Waals surface area contributed by atoms with E-state index in [1.54, 1.807) is 0 Å². The van der Waals surface area contributed by atoms with Crippen LogP contribution in [-0.2, 0) is 0 Å². The molecule has 0 N–H and O–H groups in total. The Bertz CT molecular complexity index is 4190. The lowest BCUT2D eigenvalue weighted by Crippen LogP contribution is -1.94. The molecule has 14 rings (SSSR count). The molecule has 4 nitrogen and oxygen atoms in total. The van der Waals surface area contributed by atoms with Crippen LogP contribution in [0.15, 0.2) is 241 Å². The van der Waals surface area contributed by atoms with E-state index in [9.17, 15) is 0 Å². The molecule has 0 unspecified atom stereocenters. The van der Waals surface area contributed by atoms with Crippen molar-refractivity contribution in [2.24, 2.45) is 0 Å². The van der Waals surface area contributed by atoms with Crippen LogP contribution in [0.3, 0.4) is 0 Å². The van der Waals surface area contributed by atoms with Gasteiger partial charge in [-0.2, -0.15) is 0 Å². The molecule has 0 atom stereocenters. The van der Waals surface area contributed by atoms with Gasteiger partial charge in [-0.25, -0.2) is 0 Å². The SMILES string of the molecule is c1ccc(-c2ccc3c(c2)c2cc(-c4ccc5c(c4)c4ccccc4n5-c4ccccc4)ccc2n3-c2ccc(-c3ccc4c5c6ccccc6oc5n(-c5ccccc5)c4c3)cc2)cc1. The predicted molar refractivity (Wildman–Crippen MR) is 276 cm³/mol. The molecule has 66 heavy (non-hydrogen) atoms. The molecule has 0 amide bonds. The molecular weight excluding hydrogens is 803 g/mol. The first kappa shape index (κ1) is 36.6. The number of hydrogen-bond acceptors (Lipinski definition) is 1. The molecule has 0 saturated carbocycles. The Hall–Kier alpha value is -8.86. The third kappa shape index (κ3) is 5.52. The average Bonchev–Trinajstić information content (AvgIpc) is 4.12. The Morgan fingerprint density at radius 1 is 0.242 bits per heavy atom. The monoisotopic (exact) mass is 841 g/mol. The van der Waals surface area contributed by atoms with Crippen LogP contribution >= 0.6 is 0 Å². The number of aromatic nitrogens is 3. The largest absolute Gasteiger partial charge is 0.439 e. The van der Waals surface area contributed by atoms with E-state index in [-0.39, 0.29) is 0 Å². The van der Waals surface area contributed by atoms with Crippen molar-refractivity contribution in [3.05, 3.63) is 237 Å². The maximum Gasteiger partial charge on any atom is 0.213 e. The van der Waals surface area contributed by atoms with Crippen LogP contribution in [-0.4, -0.2) is 13.7 Å². The molecule has 0 bridgehead atoms. The van der Waals surface area contributed by atoms with E-state index in [2.05, 4.69) is 244 Å². The van der Waals surface area contributed by atoms with Crippen LogP contribution in [0.5, 0.6) is 0 Å². The van der Waals surface area contributed by atoms with E-state index < -0.39 is 0 Å². The highest BCUT2D eigenvalue weighted by molar-refractivity contribution is 6.20. The standard InChI is InChI=1S/C62H39N3O/c1-4-14-40(15-5-1)42-27-33-57-53(36-42)54-38-44(43-28-34-56-52(37-43)49-20-10-12-22-55(49)63(56)46-16-6-2-7-17-46)29-35-58(54)64(57)48-30-24-41(25-31-48)45-26-32-50-59(39-45)65(47-18-8-3-9-19-47)62-61(50)51-21-11-13-23-60(51)66-62/h1-39H. The zero-order valence-electron chi connectivity index (χ0n) is 35.8. The van der Waals surface area contributed by atoms with Crippen molar-refractivity contribution in [2.75, 3.05) is 0 Å². The third-order valence-electron chi connectivity index (χ3n) is 13.7. The summed E-state index contributed by atoms with van der Waals surface area (Å²) >= 11 is 0.